The van der Waals surface area contributed by atoms with E-state index in [0.717, 1.165) is 37.1 Å². The van der Waals surface area contributed by atoms with E-state index in [4.69, 9.17) is 4.98 Å². The van der Waals surface area contributed by atoms with Crippen molar-refractivity contribution in [1.82, 2.24) is 14.9 Å². The molecule has 136 valence electrons. The summed E-state index contributed by atoms with van der Waals surface area (Å²) in [6, 6.07) is 17.3. The average molecular weight is 348 g/mol. The lowest BCUT2D eigenvalue weighted by atomic mass is 9.96. The third kappa shape index (κ3) is 3.75. The van der Waals surface area contributed by atoms with Gasteiger partial charge >= 0.3 is 0 Å². The number of H-pyrrole nitrogens is 1. The maximum atomic E-state index is 4.80. The van der Waals surface area contributed by atoms with Gasteiger partial charge in [0.2, 0.25) is 0 Å². The average Bonchev–Trinajstić information content (AvgIpc) is 3.11. The zero-order valence-electron chi connectivity index (χ0n) is 15.8. The van der Waals surface area contributed by atoms with Crippen LogP contribution in [0.15, 0.2) is 48.5 Å². The highest BCUT2D eigenvalue weighted by atomic mass is 15.1. The fourth-order valence-corrected chi connectivity index (χ4v) is 3.84. The molecule has 1 fully saturated rings. The van der Waals surface area contributed by atoms with E-state index in [2.05, 4.69) is 77.4 Å². The first-order valence-electron chi connectivity index (χ1n) is 9.62. The maximum absolute atomic E-state index is 4.80. The maximum Gasteiger partial charge on any atom is 0.110 e. The molecule has 3 aromatic rings. The van der Waals surface area contributed by atoms with Crippen LogP contribution in [0.5, 0.6) is 0 Å². The van der Waals surface area contributed by atoms with Crippen LogP contribution in [-0.4, -0.2) is 48.6 Å². The van der Waals surface area contributed by atoms with Crippen LogP contribution in [0.4, 0.5) is 5.69 Å². The summed E-state index contributed by atoms with van der Waals surface area (Å²) in [4.78, 5) is 13.1. The van der Waals surface area contributed by atoms with Crippen LogP contribution in [0.2, 0.25) is 0 Å². The molecule has 0 atom stereocenters. The molecule has 1 aliphatic rings. The predicted molar refractivity (Wildman–Crippen MR) is 109 cm³/mol. The van der Waals surface area contributed by atoms with Crippen LogP contribution in [0.3, 0.4) is 0 Å². The van der Waals surface area contributed by atoms with Crippen molar-refractivity contribution in [3.8, 4) is 0 Å². The smallest absolute Gasteiger partial charge is 0.110 e. The van der Waals surface area contributed by atoms with E-state index in [0.29, 0.717) is 5.92 Å². The first-order chi connectivity index (χ1) is 12.7. The number of aromatic amines is 1. The Kier molecular flexibility index (Phi) is 4.93. The molecule has 0 amide bonds. The van der Waals surface area contributed by atoms with Crippen LogP contribution in [0.25, 0.3) is 11.0 Å². The first kappa shape index (κ1) is 17.1. The van der Waals surface area contributed by atoms with Gasteiger partial charge in [-0.3, -0.25) is 0 Å². The molecule has 1 N–H and O–H groups in total. The summed E-state index contributed by atoms with van der Waals surface area (Å²) in [7, 11) is 4.17. The number of anilines is 1. The summed E-state index contributed by atoms with van der Waals surface area (Å²) in [5.41, 5.74) is 4.94. The highest BCUT2D eigenvalue weighted by Crippen LogP contribution is 2.27. The van der Waals surface area contributed by atoms with Crippen molar-refractivity contribution in [3.05, 3.63) is 59.9 Å². The van der Waals surface area contributed by atoms with Gasteiger partial charge in [0.1, 0.15) is 5.82 Å². The van der Waals surface area contributed by atoms with Crippen molar-refractivity contribution >= 4 is 16.7 Å². The minimum Gasteiger partial charge on any atom is -0.378 e. The van der Waals surface area contributed by atoms with E-state index in [-0.39, 0.29) is 0 Å². The molecule has 2 aromatic carbocycles. The largest absolute Gasteiger partial charge is 0.378 e. The second-order valence-electron chi connectivity index (χ2n) is 7.57. The van der Waals surface area contributed by atoms with Gasteiger partial charge in [-0.05, 0) is 62.2 Å². The number of piperidine rings is 1. The molecule has 0 saturated carbocycles. The van der Waals surface area contributed by atoms with Crippen LogP contribution >= 0.6 is 0 Å². The lowest BCUT2D eigenvalue weighted by Gasteiger charge is -2.31. The van der Waals surface area contributed by atoms with E-state index in [9.17, 15) is 0 Å². The van der Waals surface area contributed by atoms with Crippen LogP contribution in [0.1, 0.15) is 30.1 Å². The third-order valence-electron chi connectivity index (χ3n) is 5.55. The van der Waals surface area contributed by atoms with Crippen molar-refractivity contribution in [1.29, 1.82) is 0 Å². The third-order valence-corrected chi connectivity index (χ3v) is 5.55. The molecule has 0 aliphatic carbocycles. The summed E-state index contributed by atoms with van der Waals surface area (Å²) >= 11 is 0. The van der Waals surface area contributed by atoms with Crippen LogP contribution in [0, 0.1) is 0 Å². The number of nitrogens with zero attached hydrogens (tertiary/aromatic N) is 3. The molecule has 2 heterocycles. The normalized spacial score (nSPS) is 16.2. The van der Waals surface area contributed by atoms with E-state index >= 15 is 0 Å². The Balaban J connectivity index is 1.29. The number of rotatable bonds is 5. The van der Waals surface area contributed by atoms with Gasteiger partial charge in [0.15, 0.2) is 0 Å². The zero-order valence-corrected chi connectivity index (χ0v) is 15.8. The number of nitrogens with one attached hydrogen (secondary N) is 1. The van der Waals surface area contributed by atoms with Gasteiger partial charge in [-0.2, -0.15) is 0 Å². The fraction of sp³-hybridized carbons (Fsp3) is 0.409. The Hall–Kier alpha value is -2.33. The number of fused-ring (bicyclic) bond motifs is 1. The van der Waals surface area contributed by atoms with Crippen molar-refractivity contribution in [3.63, 3.8) is 0 Å². The van der Waals surface area contributed by atoms with Crippen molar-refractivity contribution in [2.24, 2.45) is 0 Å². The van der Waals surface area contributed by atoms with E-state index in [1.807, 2.05) is 0 Å². The van der Waals surface area contributed by atoms with Gasteiger partial charge in [0, 0.05) is 32.2 Å². The zero-order chi connectivity index (χ0) is 17.9. The number of imidazole rings is 1. The van der Waals surface area contributed by atoms with Gasteiger partial charge in [-0.15, -0.1) is 0 Å². The highest BCUT2D eigenvalue weighted by Gasteiger charge is 2.22. The second kappa shape index (κ2) is 7.50. The van der Waals surface area contributed by atoms with E-state index < -0.39 is 0 Å². The van der Waals surface area contributed by atoms with Crippen molar-refractivity contribution in [2.45, 2.75) is 25.2 Å². The van der Waals surface area contributed by atoms with Gasteiger partial charge in [0.05, 0.1) is 11.0 Å². The number of likely N-dealkylation sites (tertiary alicyclic amines) is 1. The number of aromatic nitrogens is 2. The predicted octanol–water partition coefficient (Wildman–Crippen LogP) is 4.05. The lowest BCUT2D eigenvalue weighted by molar-refractivity contribution is 0.212. The first-order valence-corrected chi connectivity index (χ1v) is 9.62. The van der Waals surface area contributed by atoms with Gasteiger partial charge in [-0.25, -0.2) is 4.98 Å². The standard InChI is InChI=1S/C22H28N4/c1-25(2)19-9-7-17(8-10-19)11-14-26-15-12-18(13-16-26)22-23-20-5-3-4-6-21(20)24-22/h3-10,18H,11-16H2,1-2H3,(H,23,24). The molecule has 0 spiro atoms. The molecule has 4 rings (SSSR count). The van der Waals surface area contributed by atoms with E-state index in [1.165, 1.54) is 29.9 Å². The summed E-state index contributed by atoms with van der Waals surface area (Å²) in [5, 5.41) is 0. The molecular weight excluding hydrogens is 320 g/mol. The minimum atomic E-state index is 0.568. The molecule has 1 aliphatic heterocycles. The van der Waals surface area contributed by atoms with Gasteiger partial charge in [-0.1, -0.05) is 24.3 Å². The molecule has 0 unspecified atom stereocenters. The van der Waals surface area contributed by atoms with Crippen molar-refractivity contribution < 1.29 is 0 Å². The molecule has 4 nitrogen and oxygen atoms in total. The molecule has 1 aromatic heterocycles. The quantitative estimate of drug-likeness (QED) is 0.755. The van der Waals surface area contributed by atoms with Crippen LogP contribution in [-0.2, 0) is 6.42 Å². The van der Waals surface area contributed by atoms with Crippen LogP contribution < -0.4 is 4.90 Å². The summed E-state index contributed by atoms with van der Waals surface area (Å²) < 4.78 is 0. The number of para-hydroxylation sites is 2. The van der Waals surface area contributed by atoms with Gasteiger partial charge < -0.3 is 14.8 Å². The molecular formula is C22H28N4. The number of benzene rings is 2. The Labute approximate surface area is 155 Å². The van der Waals surface area contributed by atoms with Crippen molar-refractivity contribution in [2.75, 3.05) is 38.6 Å². The molecule has 0 radical (unpaired) electrons. The minimum absolute atomic E-state index is 0.568. The molecule has 4 heteroatoms. The van der Waals surface area contributed by atoms with Gasteiger partial charge in [0.25, 0.3) is 0 Å². The lowest BCUT2D eigenvalue weighted by Crippen LogP contribution is -2.34. The Morgan fingerprint density at radius 2 is 1.77 bits per heavy atom. The number of hydrogen-bond acceptors (Lipinski definition) is 3. The molecule has 0 bridgehead atoms. The Morgan fingerprint density at radius 3 is 2.46 bits per heavy atom. The topological polar surface area (TPSA) is 35.2 Å². The summed E-state index contributed by atoms with van der Waals surface area (Å²) in [6.45, 7) is 3.48. The summed E-state index contributed by atoms with van der Waals surface area (Å²) in [6.07, 6.45) is 3.52. The Morgan fingerprint density at radius 1 is 1.04 bits per heavy atom. The van der Waals surface area contributed by atoms with E-state index in [1.54, 1.807) is 0 Å². The molecule has 26 heavy (non-hydrogen) atoms. The second-order valence-corrected chi connectivity index (χ2v) is 7.57. The monoisotopic (exact) mass is 348 g/mol. The highest BCUT2D eigenvalue weighted by molar-refractivity contribution is 5.74. The molecule has 1 saturated heterocycles. The SMILES string of the molecule is CN(C)c1ccc(CCN2CCC(c3nc4ccccc4[nH]3)CC2)cc1. The fourth-order valence-electron chi connectivity index (χ4n) is 3.84. The number of hydrogen-bond donors (Lipinski definition) is 1. The summed E-state index contributed by atoms with van der Waals surface area (Å²) in [5.74, 6) is 1.74. The Bertz CT molecular complexity index is 809.